The molecular weight excluding hydrogens is 524 g/mol. The highest BCUT2D eigenvalue weighted by atomic mass is 35.5. The molecule has 3 aromatic heterocycles. The molecule has 0 saturated carbocycles. The zero-order valence-corrected chi connectivity index (χ0v) is 23.0. The molecule has 2 aromatic carbocycles. The van der Waals surface area contributed by atoms with Crippen molar-refractivity contribution in [1.29, 1.82) is 0 Å². The van der Waals surface area contributed by atoms with Gasteiger partial charge in [0.1, 0.15) is 18.4 Å². The summed E-state index contributed by atoms with van der Waals surface area (Å²) in [6.45, 7) is 4.61. The molecule has 0 radical (unpaired) electrons. The van der Waals surface area contributed by atoms with E-state index >= 15 is 0 Å². The summed E-state index contributed by atoms with van der Waals surface area (Å²) in [7, 11) is 0. The predicted molar refractivity (Wildman–Crippen MR) is 157 cm³/mol. The summed E-state index contributed by atoms with van der Waals surface area (Å²) < 4.78 is 1.71. The predicted octanol–water partition coefficient (Wildman–Crippen LogP) is 6.88. The third kappa shape index (κ3) is 8.89. The van der Waals surface area contributed by atoms with Crippen molar-refractivity contribution in [3.63, 3.8) is 0 Å². The first-order valence-corrected chi connectivity index (χ1v) is 13.0. The van der Waals surface area contributed by atoms with Crippen LogP contribution in [-0.2, 0) is 22.9 Å². The minimum Gasteiger partial charge on any atom is -0.391 e. The molecule has 5 rings (SSSR count). The number of hydrogen-bond acceptors (Lipinski definition) is 7. The normalized spacial score (nSPS) is 11.4. The van der Waals surface area contributed by atoms with E-state index in [1.807, 2.05) is 105 Å². The minimum atomic E-state index is 0.383. The van der Waals surface area contributed by atoms with Crippen molar-refractivity contribution in [2.45, 2.75) is 27.1 Å². The van der Waals surface area contributed by atoms with Gasteiger partial charge in [-0.25, -0.2) is 14.6 Å². The van der Waals surface area contributed by atoms with Gasteiger partial charge in [-0.05, 0) is 43.2 Å². The standard InChI is InChI=1S/C17H16N4O.C14H13ClN2O/c1-14(16-6-3-2-4-7-16)20-22-13-15-8-9-17(18-12-15)21-11-5-10-19-21;1-11(13-5-3-2-4-6-13)17-18-10-12-7-8-14(15)16-9-12/h2-12H,13H2,1H3;2-9H,10H2,1H3/b20-14+;17-11+. The molecule has 3 heterocycles. The van der Waals surface area contributed by atoms with Crippen LogP contribution in [0.25, 0.3) is 5.82 Å². The van der Waals surface area contributed by atoms with Crippen molar-refractivity contribution in [3.05, 3.63) is 143 Å². The second kappa shape index (κ2) is 14.9. The monoisotopic (exact) mass is 552 g/mol. The minimum absolute atomic E-state index is 0.383. The first-order chi connectivity index (χ1) is 19.6. The molecule has 0 saturated heterocycles. The number of aromatic nitrogens is 4. The lowest BCUT2D eigenvalue weighted by Crippen LogP contribution is -1.99. The number of pyridine rings is 2. The Balaban J connectivity index is 0.000000189. The van der Waals surface area contributed by atoms with E-state index in [9.17, 15) is 0 Å². The van der Waals surface area contributed by atoms with Crippen LogP contribution in [0.3, 0.4) is 0 Å². The zero-order valence-electron chi connectivity index (χ0n) is 22.3. The van der Waals surface area contributed by atoms with Gasteiger partial charge in [0, 0.05) is 35.9 Å². The summed E-state index contributed by atoms with van der Waals surface area (Å²) in [4.78, 5) is 19.0. The molecule has 0 spiro atoms. The lowest BCUT2D eigenvalue weighted by Gasteiger charge is -2.04. The van der Waals surface area contributed by atoms with E-state index in [0.717, 1.165) is 39.5 Å². The smallest absolute Gasteiger partial charge is 0.153 e. The fraction of sp³-hybridized carbons (Fsp3) is 0.129. The second-order valence-corrected chi connectivity index (χ2v) is 8.98. The van der Waals surface area contributed by atoms with Crippen LogP contribution in [-0.4, -0.2) is 31.2 Å². The Morgan fingerprint density at radius 2 is 1.25 bits per heavy atom. The Kier molecular flexibility index (Phi) is 10.5. The maximum Gasteiger partial charge on any atom is 0.153 e. The van der Waals surface area contributed by atoms with Crippen molar-refractivity contribution in [2.75, 3.05) is 0 Å². The van der Waals surface area contributed by atoms with E-state index < -0.39 is 0 Å². The summed E-state index contributed by atoms with van der Waals surface area (Å²) >= 11 is 5.70. The number of nitrogens with zero attached hydrogens (tertiary/aromatic N) is 6. The topological polar surface area (TPSA) is 86.8 Å². The average molecular weight is 553 g/mol. The number of oxime groups is 2. The van der Waals surface area contributed by atoms with Crippen LogP contribution in [0.1, 0.15) is 36.1 Å². The van der Waals surface area contributed by atoms with E-state index in [0.29, 0.717) is 18.4 Å². The summed E-state index contributed by atoms with van der Waals surface area (Å²) in [5.41, 5.74) is 5.69. The largest absolute Gasteiger partial charge is 0.391 e. The Morgan fingerprint density at radius 3 is 1.70 bits per heavy atom. The van der Waals surface area contributed by atoms with Crippen molar-refractivity contribution in [1.82, 2.24) is 19.7 Å². The van der Waals surface area contributed by atoms with Gasteiger partial charge >= 0.3 is 0 Å². The number of benzene rings is 2. The first kappa shape index (κ1) is 28.2. The van der Waals surface area contributed by atoms with Crippen LogP contribution in [0.4, 0.5) is 0 Å². The molecule has 0 unspecified atom stereocenters. The molecule has 0 N–H and O–H groups in total. The molecule has 40 heavy (non-hydrogen) atoms. The number of rotatable bonds is 9. The van der Waals surface area contributed by atoms with Gasteiger partial charge in [0.2, 0.25) is 0 Å². The highest BCUT2D eigenvalue weighted by Gasteiger charge is 2.01. The molecule has 5 aromatic rings. The van der Waals surface area contributed by atoms with Crippen LogP contribution in [0.15, 0.2) is 126 Å². The molecule has 0 amide bonds. The van der Waals surface area contributed by atoms with Crippen molar-refractivity contribution in [3.8, 4) is 5.82 Å². The Morgan fingerprint density at radius 1 is 0.700 bits per heavy atom. The fourth-order valence-corrected chi connectivity index (χ4v) is 3.52. The van der Waals surface area contributed by atoms with Crippen LogP contribution in [0, 0.1) is 0 Å². The quantitative estimate of drug-likeness (QED) is 0.113. The highest BCUT2D eigenvalue weighted by Crippen LogP contribution is 2.09. The molecule has 0 aliphatic rings. The second-order valence-electron chi connectivity index (χ2n) is 8.60. The highest BCUT2D eigenvalue weighted by molar-refractivity contribution is 6.29. The SMILES string of the molecule is C/C(=N\OCc1ccc(-n2cccn2)nc1)c1ccccc1.C/C(=N\OCc1ccc(Cl)nc1)c1ccccc1. The van der Waals surface area contributed by atoms with Crippen molar-refractivity contribution in [2.24, 2.45) is 10.3 Å². The van der Waals surface area contributed by atoms with E-state index in [1.165, 1.54) is 0 Å². The lowest BCUT2D eigenvalue weighted by molar-refractivity contribution is 0.130. The van der Waals surface area contributed by atoms with Gasteiger partial charge in [0.05, 0.1) is 11.4 Å². The zero-order chi connectivity index (χ0) is 28.0. The van der Waals surface area contributed by atoms with Gasteiger partial charge in [-0.1, -0.05) is 94.7 Å². The van der Waals surface area contributed by atoms with Crippen LogP contribution in [0.2, 0.25) is 5.15 Å². The summed E-state index contributed by atoms with van der Waals surface area (Å²) in [6, 6.07) is 29.1. The third-order valence-electron chi connectivity index (χ3n) is 5.59. The molecule has 8 nitrogen and oxygen atoms in total. The maximum atomic E-state index is 5.70. The van der Waals surface area contributed by atoms with Crippen LogP contribution < -0.4 is 0 Å². The molecule has 0 aliphatic carbocycles. The van der Waals surface area contributed by atoms with Gasteiger partial charge in [0.25, 0.3) is 0 Å². The van der Waals surface area contributed by atoms with Gasteiger partial charge in [-0.2, -0.15) is 5.10 Å². The van der Waals surface area contributed by atoms with Crippen LogP contribution >= 0.6 is 11.6 Å². The molecular formula is C31H29ClN6O2. The maximum absolute atomic E-state index is 5.70. The summed E-state index contributed by atoms with van der Waals surface area (Å²) in [5, 5.41) is 12.8. The van der Waals surface area contributed by atoms with E-state index in [4.69, 9.17) is 21.3 Å². The van der Waals surface area contributed by atoms with Crippen molar-refractivity contribution < 1.29 is 9.68 Å². The van der Waals surface area contributed by atoms with Gasteiger partial charge in [-0.15, -0.1) is 0 Å². The Labute approximate surface area is 238 Å². The van der Waals surface area contributed by atoms with E-state index in [2.05, 4.69) is 25.4 Å². The van der Waals surface area contributed by atoms with Gasteiger partial charge < -0.3 is 9.68 Å². The fourth-order valence-electron chi connectivity index (χ4n) is 3.41. The summed E-state index contributed by atoms with van der Waals surface area (Å²) in [6.07, 6.45) is 7.02. The van der Waals surface area contributed by atoms with Gasteiger partial charge in [0.15, 0.2) is 5.82 Å². The Hall–Kier alpha value is -4.82. The average Bonchev–Trinajstić information content (AvgIpc) is 3.55. The van der Waals surface area contributed by atoms with Crippen molar-refractivity contribution >= 4 is 23.0 Å². The van der Waals surface area contributed by atoms with E-state index in [1.54, 1.807) is 29.3 Å². The summed E-state index contributed by atoms with van der Waals surface area (Å²) in [5.74, 6) is 0.776. The lowest BCUT2D eigenvalue weighted by atomic mass is 10.1. The molecule has 0 atom stereocenters. The number of halogens is 1. The number of hydrogen-bond donors (Lipinski definition) is 0. The van der Waals surface area contributed by atoms with Crippen LogP contribution in [0.5, 0.6) is 0 Å². The first-order valence-electron chi connectivity index (χ1n) is 12.6. The Bertz CT molecular complexity index is 1490. The molecule has 0 fully saturated rings. The molecule has 202 valence electrons. The molecule has 0 aliphatic heterocycles. The molecule has 0 bridgehead atoms. The van der Waals surface area contributed by atoms with E-state index in [-0.39, 0.29) is 0 Å². The molecule has 9 heteroatoms. The third-order valence-corrected chi connectivity index (χ3v) is 5.81. The van der Waals surface area contributed by atoms with Gasteiger partial charge in [-0.3, -0.25) is 0 Å².